The number of anilines is 1. The van der Waals surface area contributed by atoms with Gasteiger partial charge in [-0.1, -0.05) is 61.0 Å². The standard InChI is InChI=1S/C25H25N3S/c1-4-23-28-24(20-12-8-9-17(2)15-20)25(29-23)21-13-14-26-22(16-21)27-18(3)19-10-6-5-7-11-19/h5-16,18H,4H2,1-3H3,(H,26,27). The molecule has 1 atom stereocenters. The predicted molar refractivity (Wildman–Crippen MR) is 123 cm³/mol. The van der Waals surface area contributed by atoms with Crippen LogP contribution < -0.4 is 5.32 Å². The monoisotopic (exact) mass is 399 g/mol. The van der Waals surface area contributed by atoms with Crippen LogP contribution in [-0.2, 0) is 6.42 Å². The van der Waals surface area contributed by atoms with Crippen molar-refractivity contribution in [1.82, 2.24) is 9.97 Å². The summed E-state index contributed by atoms with van der Waals surface area (Å²) in [5.41, 5.74) is 5.86. The Bertz CT molecular complexity index is 1100. The first-order chi connectivity index (χ1) is 14.1. The summed E-state index contributed by atoms with van der Waals surface area (Å²) in [7, 11) is 0. The van der Waals surface area contributed by atoms with Crippen molar-refractivity contribution in [3.8, 4) is 21.7 Å². The smallest absolute Gasteiger partial charge is 0.126 e. The van der Waals surface area contributed by atoms with E-state index in [-0.39, 0.29) is 6.04 Å². The molecule has 0 bridgehead atoms. The maximum Gasteiger partial charge on any atom is 0.126 e. The second-order valence-electron chi connectivity index (χ2n) is 7.21. The minimum atomic E-state index is 0.183. The molecule has 0 aliphatic carbocycles. The number of aryl methyl sites for hydroxylation is 2. The lowest BCUT2D eigenvalue weighted by molar-refractivity contribution is 0.875. The van der Waals surface area contributed by atoms with Gasteiger partial charge >= 0.3 is 0 Å². The van der Waals surface area contributed by atoms with Crippen LogP contribution in [0.2, 0.25) is 0 Å². The fraction of sp³-hybridized carbons (Fsp3) is 0.200. The highest BCUT2D eigenvalue weighted by Gasteiger charge is 2.15. The minimum absolute atomic E-state index is 0.183. The van der Waals surface area contributed by atoms with Crippen molar-refractivity contribution in [3.63, 3.8) is 0 Å². The maximum atomic E-state index is 4.93. The van der Waals surface area contributed by atoms with Crippen LogP contribution in [0.4, 0.5) is 5.82 Å². The van der Waals surface area contributed by atoms with Crippen molar-refractivity contribution < 1.29 is 0 Å². The van der Waals surface area contributed by atoms with Gasteiger partial charge in [0.1, 0.15) is 5.82 Å². The van der Waals surface area contributed by atoms with Gasteiger partial charge in [-0.05, 0) is 49.6 Å². The first-order valence-electron chi connectivity index (χ1n) is 9.98. The molecule has 1 unspecified atom stereocenters. The molecule has 29 heavy (non-hydrogen) atoms. The Kier molecular flexibility index (Phi) is 5.72. The van der Waals surface area contributed by atoms with E-state index in [0.29, 0.717) is 0 Å². The van der Waals surface area contributed by atoms with E-state index in [1.807, 2.05) is 12.3 Å². The van der Waals surface area contributed by atoms with Gasteiger partial charge in [0, 0.05) is 17.8 Å². The lowest BCUT2D eigenvalue weighted by Crippen LogP contribution is -2.07. The number of rotatable bonds is 6. The molecule has 4 rings (SSSR count). The number of hydrogen-bond donors (Lipinski definition) is 1. The normalized spacial score (nSPS) is 12.0. The Balaban J connectivity index is 1.69. The second kappa shape index (κ2) is 8.58. The Labute approximate surface area is 176 Å². The molecule has 0 aliphatic rings. The minimum Gasteiger partial charge on any atom is -0.364 e. The number of thiazole rings is 1. The summed E-state index contributed by atoms with van der Waals surface area (Å²) in [6.07, 6.45) is 2.81. The van der Waals surface area contributed by atoms with Crippen LogP contribution in [-0.4, -0.2) is 9.97 Å². The van der Waals surface area contributed by atoms with E-state index in [4.69, 9.17) is 4.98 Å². The Morgan fingerprint density at radius 1 is 0.966 bits per heavy atom. The van der Waals surface area contributed by atoms with Gasteiger partial charge in [0.15, 0.2) is 0 Å². The number of benzene rings is 2. The molecule has 0 radical (unpaired) electrons. The zero-order chi connectivity index (χ0) is 20.2. The Morgan fingerprint density at radius 3 is 2.55 bits per heavy atom. The third-order valence-electron chi connectivity index (χ3n) is 4.95. The van der Waals surface area contributed by atoms with Crippen LogP contribution in [0.1, 0.15) is 36.0 Å². The molecule has 0 amide bonds. The quantitative estimate of drug-likeness (QED) is 0.382. The zero-order valence-electron chi connectivity index (χ0n) is 17.0. The van der Waals surface area contributed by atoms with Crippen molar-refractivity contribution in [2.75, 3.05) is 5.32 Å². The summed E-state index contributed by atoms with van der Waals surface area (Å²) >= 11 is 1.77. The van der Waals surface area contributed by atoms with Crippen LogP contribution in [0, 0.1) is 6.92 Å². The molecule has 0 aliphatic heterocycles. The van der Waals surface area contributed by atoms with Gasteiger partial charge in [0.25, 0.3) is 0 Å². The molecule has 1 N–H and O–H groups in total. The molecule has 4 aromatic rings. The second-order valence-corrected chi connectivity index (χ2v) is 8.30. The highest BCUT2D eigenvalue weighted by molar-refractivity contribution is 7.15. The van der Waals surface area contributed by atoms with Crippen molar-refractivity contribution in [2.24, 2.45) is 0 Å². The summed E-state index contributed by atoms with van der Waals surface area (Å²) in [4.78, 5) is 10.7. The van der Waals surface area contributed by atoms with E-state index >= 15 is 0 Å². The molecule has 2 aromatic heterocycles. The summed E-state index contributed by atoms with van der Waals surface area (Å²) in [6, 6.07) is 23.4. The lowest BCUT2D eigenvalue weighted by Gasteiger charge is -2.15. The Hall–Kier alpha value is -2.98. The SMILES string of the molecule is CCc1nc(-c2cccc(C)c2)c(-c2ccnc(NC(C)c3ccccc3)c2)s1. The molecule has 146 valence electrons. The third-order valence-corrected chi connectivity index (χ3v) is 6.20. The molecular weight excluding hydrogens is 374 g/mol. The van der Waals surface area contributed by atoms with E-state index in [1.165, 1.54) is 21.6 Å². The zero-order valence-corrected chi connectivity index (χ0v) is 17.8. The number of hydrogen-bond acceptors (Lipinski definition) is 4. The van der Waals surface area contributed by atoms with Gasteiger partial charge in [0.2, 0.25) is 0 Å². The van der Waals surface area contributed by atoms with E-state index in [2.05, 4.69) is 91.7 Å². The van der Waals surface area contributed by atoms with E-state index in [0.717, 1.165) is 28.5 Å². The van der Waals surface area contributed by atoms with Gasteiger partial charge in [-0.2, -0.15) is 0 Å². The van der Waals surface area contributed by atoms with E-state index in [1.54, 1.807) is 11.3 Å². The number of nitrogens with zero attached hydrogens (tertiary/aromatic N) is 2. The van der Waals surface area contributed by atoms with Crippen LogP contribution in [0.3, 0.4) is 0 Å². The fourth-order valence-electron chi connectivity index (χ4n) is 3.40. The molecular formula is C25H25N3S. The summed E-state index contributed by atoms with van der Waals surface area (Å²) in [5.74, 6) is 0.875. The first-order valence-corrected chi connectivity index (χ1v) is 10.8. The van der Waals surface area contributed by atoms with E-state index < -0.39 is 0 Å². The van der Waals surface area contributed by atoms with Crippen LogP contribution in [0.15, 0.2) is 72.9 Å². The molecule has 2 aromatic carbocycles. The highest BCUT2D eigenvalue weighted by Crippen LogP contribution is 2.38. The highest BCUT2D eigenvalue weighted by atomic mass is 32.1. The summed E-state index contributed by atoms with van der Waals surface area (Å²) in [5, 5.41) is 4.68. The third kappa shape index (κ3) is 4.38. The number of aromatic nitrogens is 2. The number of pyridine rings is 1. The topological polar surface area (TPSA) is 37.8 Å². The summed E-state index contributed by atoms with van der Waals surface area (Å²) < 4.78 is 0. The maximum absolute atomic E-state index is 4.93. The molecule has 2 heterocycles. The fourth-order valence-corrected chi connectivity index (χ4v) is 4.42. The van der Waals surface area contributed by atoms with Gasteiger partial charge in [-0.3, -0.25) is 0 Å². The Morgan fingerprint density at radius 2 is 1.79 bits per heavy atom. The largest absolute Gasteiger partial charge is 0.364 e. The first kappa shape index (κ1) is 19.3. The van der Waals surface area contributed by atoms with Gasteiger partial charge in [0.05, 0.1) is 15.6 Å². The average Bonchev–Trinajstić information content (AvgIpc) is 3.19. The van der Waals surface area contributed by atoms with Crippen LogP contribution >= 0.6 is 11.3 Å². The van der Waals surface area contributed by atoms with Crippen molar-refractivity contribution in [2.45, 2.75) is 33.2 Å². The molecule has 0 saturated carbocycles. The van der Waals surface area contributed by atoms with Gasteiger partial charge < -0.3 is 5.32 Å². The van der Waals surface area contributed by atoms with Gasteiger partial charge in [-0.15, -0.1) is 11.3 Å². The van der Waals surface area contributed by atoms with Gasteiger partial charge in [-0.25, -0.2) is 9.97 Å². The number of nitrogens with one attached hydrogen (secondary N) is 1. The average molecular weight is 400 g/mol. The van der Waals surface area contributed by atoms with Crippen molar-refractivity contribution in [1.29, 1.82) is 0 Å². The van der Waals surface area contributed by atoms with Crippen molar-refractivity contribution in [3.05, 3.63) is 89.1 Å². The lowest BCUT2D eigenvalue weighted by atomic mass is 10.1. The summed E-state index contributed by atoms with van der Waals surface area (Å²) in [6.45, 7) is 6.43. The van der Waals surface area contributed by atoms with Crippen LogP contribution in [0.5, 0.6) is 0 Å². The molecule has 0 fully saturated rings. The molecule has 4 heteroatoms. The van der Waals surface area contributed by atoms with E-state index in [9.17, 15) is 0 Å². The van der Waals surface area contributed by atoms with Crippen molar-refractivity contribution >= 4 is 17.2 Å². The predicted octanol–water partition coefficient (Wildman–Crippen LogP) is 6.92. The molecule has 0 spiro atoms. The molecule has 0 saturated heterocycles. The molecule has 3 nitrogen and oxygen atoms in total. The van der Waals surface area contributed by atoms with Crippen LogP contribution in [0.25, 0.3) is 21.7 Å².